The van der Waals surface area contributed by atoms with Crippen LogP contribution >= 0.6 is 0 Å². The molecule has 0 bridgehead atoms. The van der Waals surface area contributed by atoms with Crippen molar-refractivity contribution in [2.75, 3.05) is 0 Å². The first-order valence-corrected chi connectivity index (χ1v) is 8.63. The summed E-state index contributed by atoms with van der Waals surface area (Å²) in [5.74, 6) is -0.163. The number of halogens is 1. The average Bonchev–Trinajstić information content (AvgIpc) is 3.09. The molecule has 0 fully saturated rings. The van der Waals surface area contributed by atoms with Crippen molar-refractivity contribution in [2.45, 2.75) is 45.8 Å². The zero-order chi connectivity index (χ0) is 19.6. The zero-order valence-electron chi connectivity index (χ0n) is 15.7. The fraction of sp³-hybridized carbons (Fsp3) is 0.368. The molecule has 0 unspecified atom stereocenters. The lowest BCUT2D eigenvalue weighted by Crippen LogP contribution is -2.16. The highest BCUT2D eigenvalue weighted by Gasteiger charge is 2.17. The van der Waals surface area contributed by atoms with E-state index in [2.05, 4.69) is 20.3 Å². The molecule has 0 aliphatic carbocycles. The van der Waals surface area contributed by atoms with Crippen molar-refractivity contribution in [1.29, 1.82) is 0 Å². The molecule has 0 radical (unpaired) electrons. The maximum Gasteiger partial charge on any atom is 0.316 e. The molecule has 2 aromatic heterocycles. The quantitative estimate of drug-likeness (QED) is 0.716. The Morgan fingerprint density at radius 1 is 1.22 bits per heavy atom. The third-order valence-electron chi connectivity index (χ3n) is 4.09. The van der Waals surface area contributed by atoms with Gasteiger partial charge in [-0.15, -0.1) is 5.10 Å². The van der Waals surface area contributed by atoms with E-state index in [0.29, 0.717) is 16.8 Å². The molecule has 0 saturated carbocycles. The number of hydrogen-bond acceptors (Lipinski definition) is 6. The van der Waals surface area contributed by atoms with Crippen LogP contribution in [0.1, 0.15) is 50.4 Å². The van der Waals surface area contributed by atoms with Crippen molar-refractivity contribution in [2.24, 2.45) is 0 Å². The molecule has 8 heteroatoms. The number of aromatic nitrogens is 5. The molecule has 0 spiro atoms. The third kappa shape index (κ3) is 4.46. The smallest absolute Gasteiger partial charge is 0.316 e. The maximum atomic E-state index is 13.9. The summed E-state index contributed by atoms with van der Waals surface area (Å²) in [6, 6.07) is 5.03. The van der Waals surface area contributed by atoms with Gasteiger partial charge in [-0.3, -0.25) is 0 Å². The summed E-state index contributed by atoms with van der Waals surface area (Å²) in [5.41, 5.74) is 1.52. The number of nitrogens with zero attached hydrogens (tertiary/aromatic N) is 5. The van der Waals surface area contributed by atoms with E-state index >= 15 is 0 Å². The van der Waals surface area contributed by atoms with Crippen LogP contribution in [0, 0.1) is 5.82 Å². The molecule has 0 saturated heterocycles. The van der Waals surface area contributed by atoms with Crippen LogP contribution in [-0.4, -0.2) is 30.1 Å². The van der Waals surface area contributed by atoms with E-state index in [1.807, 2.05) is 13.8 Å². The molecule has 0 aliphatic heterocycles. The summed E-state index contributed by atoms with van der Waals surface area (Å²) in [7, 11) is 0. The summed E-state index contributed by atoms with van der Waals surface area (Å²) >= 11 is 0. The van der Waals surface area contributed by atoms with Gasteiger partial charge in [-0.2, -0.15) is 0 Å². The number of rotatable bonds is 6. The van der Waals surface area contributed by atoms with E-state index in [9.17, 15) is 9.50 Å². The van der Waals surface area contributed by atoms with Crippen LogP contribution < -0.4 is 4.74 Å². The number of aliphatic hydroxyl groups is 1. The SMILES string of the molecule is CC(C)c1cc(-n2cc(COc3ncc(C(C)(C)O)cn3)nn2)ccc1F. The molecular weight excluding hydrogens is 349 g/mol. The fourth-order valence-electron chi connectivity index (χ4n) is 2.45. The lowest BCUT2D eigenvalue weighted by atomic mass is 10.0. The van der Waals surface area contributed by atoms with Crippen LogP contribution in [0.4, 0.5) is 4.39 Å². The molecular formula is C19H22FN5O2. The monoisotopic (exact) mass is 371 g/mol. The number of ether oxygens (including phenoxy) is 1. The van der Waals surface area contributed by atoms with Crippen LogP contribution in [0.5, 0.6) is 6.01 Å². The van der Waals surface area contributed by atoms with Gasteiger partial charge < -0.3 is 9.84 Å². The summed E-state index contributed by atoms with van der Waals surface area (Å²) in [6.45, 7) is 7.33. The molecule has 27 heavy (non-hydrogen) atoms. The minimum atomic E-state index is -1.01. The van der Waals surface area contributed by atoms with Crippen LogP contribution in [-0.2, 0) is 12.2 Å². The maximum absolute atomic E-state index is 13.9. The Labute approximate surface area is 156 Å². The van der Waals surface area contributed by atoms with E-state index in [-0.39, 0.29) is 24.4 Å². The molecule has 142 valence electrons. The van der Waals surface area contributed by atoms with Gasteiger partial charge in [0, 0.05) is 18.0 Å². The van der Waals surface area contributed by atoms with E-state index in [0.717, 1.165) is 5.69 Å². The molecule has 1 N–H and O–H groups in total. The Balaban J connectivity index is 1.69. The summed E-state index contributed by atoms with van der Waals surface area (Å²) < 4.78 is 20.9. The van der Waals surface area contributed by atoms with Gasteiger partial charge in [0.2, 0.25) is 0 Å². The molecule has 0 aliphatic rings. The lowest BCUT2D eigenvalue weighted by Gasteiger charge is -2.16. The first-order chi connectivity index (χ1) is 12.7. The topological polar surface area (TPSA) is 86.0 Å². The molecule has 0 atom stereocenters. The highest BCUT2D eigenvalue weighted by molar-refractivity contribution is 5.37. The van der Waals surface area contributed by atoms with Crippen molar-refractivity contribution < 1.29 is 14.2 Å². The molecule has 0 amide bonds. The molecule has 2 heterocycles. The van der Waals surface area contributed by atoms with Gasteiger partial charge in [0.1, 0.15) is 18.1 Å². The van der Waals surface area contributed by atoms with Crippen LogP contribution in [0.3, 0.4) is 0 Å². The Morgan fingerprint density at radius 3 is 2.56 bits per heavy atom. The van der Waals surface area contributed by atoms with Gasteiger partial charge in [-0.05, 0) is 43.5 Å². The Kier molecular flexibility index (Phi) is 5.18. The van der Waals surface area contributed by atoms with Gasteiger partial charge in [-0.1, -0.05) is 19.1 Å². The van der Waals surface area contributed by atoms with Crippen molar-refractivity contribution in [3.05, 3.63) is 59.4 Å². The third-order valence-corrected chi connectivity index (χ3v) is 4.09. The molecule has 1 aromatic carbocycles. The Bertz CT molecular complexity index is 917. The highest BCUT2D eigenvalue weighted by Crippen LogP contribution is 2.22. The van der Waals surface area contributed by atoms with E-state index < -0.39 is 5.60 Å². The second-order valence-electron chi connectivity index (χ2n) is 7.12. The first-order valence-electron chi connectivity index (χ1n) is 8.63. The average molecular weight is 371 g/mol. The fourth-order valence-corrected chi connectivity index (χ4v) is 2.45. The molecule has 7 nitrogen and oxygen atoms in total. The van der Waals surface area contributed by atoms with E-state index in [1.165, 1.54) is 18.5 Å². The summed E-state index contributed by atoms with van der Waals surface area (Å²) in [4.78, 5) is 8.15. The Morgan fingerprint density at radius 2 is 1.93 bits per heavy atom. The van der Waals surface area contributed by atoms with Crippen molar-refractivity contribution in [3.8, 4) is 11.7 Å². The second kappa shape index (κ2) is 7.40. The summed E-state index contributed by atoms with van der Waals surface area (Å²) in [5, 5.41) is 18.0. The minimum Gasteiger partial charge on any atom is -0.457 e. The van der Waals surface area contributed by atoms with Gasteiger partial charge in [-0.25, -0.2) is 19.0 Å². The normalized spacial score (nSPS) is 11.8. The minimum absolute atomic E-state index is 0.0697. The van der Waals surface area contributed by atoms with Crippen LogP contribution in [0.15, 0.2) is 36.8 Å². The first kappa shape index (κ1) is 18.9. The van der Waals surface area contributed by atoms with Gasteiger partial charge in [0.25, 0.3) is 0 Å². The van der Waals surface area contributed by atoms with Crippen molar-refractivity contribution >= 4 is 0 Å². The van der Waals surface area contributed by atoms with Crippen molar-refractivity contribution in [1.82, 2.24) is 25.0 Å². The molecule has 3 rings (SSSR count). The van der Waals surface area contributed by atoms with Crippen molar-refractivity contribution in [3.63, 3.8) is 0 Å². The second-order valence-corrected chi connectivity index (χ2v) is 7.12. The summed E-state index contributed by atoms with van der Waals surface area (Å²) in [6.07, 6.45) is 4.75. The zero-order valence-corrected chi connectivity index (χ0v) is 15.7. The predicted molar refractivity (Wildman–Crippen MR) is 97.0 cm³/mol. The van der Waals surface area contributed by atoms with Crippen LogP contribution in [0.25, 0.3) is 5.69 Å². The Hall–Kier alpha value is -2.87. The van der Waals surface area contributed by atoms with Gasteiger partial charge >= 0.3 is 6.01 Å². The van der Waals surface area contributed by atoms with Gasteiger partial charge in [0.15, 0.2) is 0 Å². The van der Waals surface area contributed by atoms with E-state index in [1.54, 1.807) is 36.9 Å². The highest BCUT2D eigenvalue weighted by atomic mass is 19.1. The lowest BCUT2D eigenvalue weighted by molar-refractivity contribution is 0.0775. The number of benzene rings is 1. The standard InChI is InChI=1S/C19H22FN5O2/c1-12(2)16-7-15(5-6-17(16)20)25-10-14(23-24-25)11-27-18-21-8-13(9-22-18)19(3,4)26/h5-10,12,26H,11H2,1-4H3. The van der Waals surface area contributed by atoms with Gasteiger partial charge in [0.05, 0.1) is 17.5 Å². The van der Waals surface area contributed by atoms with Crippen LogP contribution in [0.2, 0.25) is 0 Å². The largest absolute Gasteiger partial charge is 0.457 e. The number of hydrogen-bond donors (Lipinski definition) is 1. The molecule has 3 aromatic rings. The predicted octanol–water partition coefficient (Wildman–Crippen LogP) is 3.13. The van der Waals surface area contributed by atoms with E-state index in [4.69, 9.17) is 4.74 Å².